The van der Waals surface area contributed by atoms with E-state index in [1.165, 1.54) is 16.7 Å². The molecule has 0 N–H and O–H groups in total. The second kappa shape index (κ2) is 8.00. The van der Waals surface area contributed by atoms with Crippen LogP contribution in [0.2, 0.25) is 0 Å². The van der Waals surface area contributed by atoms with E-state index in [9.17, 15) is 4.79 Å². The highest BCUT2D eigenvalue weighted by molar-refractivity contribution is 5.95. The van der Waals surface area contributed by atoms with Gasteiger partial charge in [-0.15, -0.1) is 12.4 Å². The molecule has 29 heavy (non-hydrogen) atoms. The lowest BCUT2D eigenvalue weighted by Gasteiger charge is -2.28. The molecule has 0 radical (unpaired) electrons. The Morgan fingerprint density at radius 3 is 2.76 bits per heavy atom. The molecule has 0 aliphatic carbocycles. The predicted octanol–water partition coefficient (Wildman–Crippen LogP) is 4.12. The van der Waals surface area contributed by atoms with Crippen LogP contribution >= 0.6 is 12.4 Å². The highest BCUT2D eigenvalue weighted by atomic mass is 35.5. The van der Waals surface area contributed by atoms with Crippen molar-refractivity contribution in [1.82, 2.24) is 9.80 Å². The highest BCUT2D eigenvalue weighted by Gasteiger charge is 2.47. The Balaban J connectivity index is 0.00000205. The molecule has 3 heterocycles. The van der Waals surface area contributed by atoms with Gasteiger partial charge in [-0.1, -0.05) is 24.3 Å². The number of ether oxygens (including phenoxy) is 1. The number of benzene rings is 2. The summed E-state index contributed by atoms with van der Waals surface area (Å²) >= 11 is 0. The van der Waals surface area contributed by atoms with Gasteiger partial charge < -0.3 is 9.64 Å². The smallest absolute Gasteiger partial charge is 0.253 e. The Kier molecular flexibility index (Phi) is 5.58. The summed E-state index contributed by atoms with van der Waals surface area (Å²) in [4.78, 5) is 17.8. The van der Waals surface area contributed by atoms with Gasteiger partial charge in [0.2, 0.25) is 0 Å². The molecule has 0 saturated carbocycles. The van der Waals surface area contributed by atoms with Gasteiger partial charge in [-0.25, -0.2) is 0 Å². The van der Waals surface area contributed by atoms with E-state index in [0.717, 1.165) is 50.4 Å². The summed E-state index contributed by atoms with van der Waals surface area (Å²) in [7, 11) is 2.23. The predicted molar refractivity (Wildman–Crippen MR) is 117 cm³/mol. The Morgan fingerprint density at radius 2 is 1.93 bits per heavy atom. The molecule has 2 aromatic rings. The van der Waals surface area contributed by atoms with Crippen molar-refractivity contribution < 1.29 is 9.53 Å². The number of halogens is 1. The van der Waals surface area contributed by atoms with E-state index < -0.39 is 0 Å². The summed E-state index contributed by atoms with van der Waals surface area (Å²) in [6, 6.07) is 15.1. The van der Waals surface area contributed by atoms with Crippen molar-refractivity contribution in [3.05, 3.63) is 64.7 Å². The molecule has 3 aliphatic heterocycles. The molecule has 0 bridgehead atoms. The summed E-state index contributed by atoms with van der Waals surface area (Å²) < 4.78 is 5.70. The van der Waals surface area contributed by atoms with Gasteiger partial charge in [-0.05, 0) is 67.6 Å². The fourth-order valence-electron chi connectivity index (χ4n) is 5.49. The Bertz CT molecular complexity index is 916. The Labute approximate surface area is 179 Å². The van der Waals surface area contributed by atoms with Gasteiger partial charge in [0.1, 0.15) is 5.75 Å². The second-order valence-electron chi connectivity index (χ2n) is 8.65. The molecule has 5 rings (SSSR count). The van der Waals surface area contributed by atoms with Crippen molar-refractivity contribution in [2.45, 2.75) is 25.8 Å². The third kappa shape index (κ3) is 3.53. The molecule has 1 amide bonds. The van der Waals surface area contributed by atoms with Crippen molar-refractivity contribution in [1.29, 1.82) is 0 Å². The number of hydrogen-bond acceptors (Lipinski definition) is 3. The average Bonchev–Trinajstić information content (AvgIpc) is 3.24. The van der Waals surface area contributed by atoms with Crippen LogP contribution in [0.5, 0.6) is 5.75 Å². The molecule has 3 aliphatic rings. The van der Waals surface area contributed by atoms with E-state index in [1.807, 2.05) is 12.1 Å². The van der Waals surface area contributed by atoms with Gasteiger partial charge in [-0.2, -0.15) is 0 Å². The van der Waals surface area contributed by atoms with Crippen LogP contribution in [-0.4, -0.2) is 49.0 Å². The van der Waals surface area contributed by atoms with Crippen LogP contribution in [-0.2, 0) is 6.42 Å². The zero-order valence-corrected chi connectivity index (χ0v) is 18.0. The minimum Gasteiger partial charge on any atom is -0.493 e. The average molecular weight is 413 g/mol. The number of aryl methyl sites for hydroxylation is 2. The molecular weight excluding hydrogens is 384 g/mol. The summed E-state index contributed by atoms with van der Waals surface area (Å²) in [5.74, 6) is 2.19. The number of amides is 1. The normalized spacial score (nSPS) is 25.7. The standard InChI is InChI=1S/C24H28N2O2.ClH/c1-16-6-3-4-8-20(16)23-21-15-26(14-19(21)13-25(23)2)24(27)18-9-10-22-17(12-18)7-5-11-28-22;/h3-4,6,8-10,12,19,21,23H,5,7,11,13-15H2,1-2H3;1H/t19-,21+,23+;/m0./s1. The van der Waals surface area contributed by atoms with E-state index in [-0.39, 0.29) is 18.3 Å². The minimum atomic E-state index is 0. The van der Waals surface area contributed by atoms with Gasteiger partial charge in [0.05, 0.1) is 6.61 Å². The SMILES string of the molecule is Cc1ccccc1[C@@H]1[C@@H]2CN(C(=O)c3ccc4c(c3)CCCO4)C[C@@H]2CN1C.Cl. The van der Waals surface area contributed by atoms with Crippen molar-refractivity contribution in [3.63, 3.8) is 0 Å². The monoisotopic (exact) mass is 412 g/mol. The molecule has 154 valence electrons. The number of fused-ring (bicyclic) bond motifs is 2. The number of rotatable bonds is 2. The number of likely N-dealkylation sites (tertiary alicyclic amines) is 2. The first kappa shape index (κ1) is 20.2. The maximum Gasteiger partial charge on any atom is 0.253 e. The molecule has 0 aromatic heterocycles. The Morgan fingerprint density at radius 1 is 1.10 bits per heavy atom. The largest absolute Gasteiger partial charge is 0.493 e. The molecule has 0 spiro atoms. The van der Waals surface area contributed by atoms with Crippen molar-refractivity contribution >= 4 is 18.3 Å². The summed E-state index contributed by atoms with van der Waals surface area (Å²) in [6.07, 6.45) is 2.03. The van der Waals surface area contributed by atoms with Crippen LogP contribution in [0.1, 0.15) is 39.5 Å². The zero-order chi connectivity index (χ0) is 19.3. The van der Waals surface area contributed by atoms with Crippen LogP contribution in [0.3, 0.4) is 0 Å². The van der Waals surface area contributed by atoms with E-state index >= 15 is 0 Å². The van der Waals surface area contributed by atoms with Crippen LogP contribution in [0, 0.1) is 18.8 Å². The molecule has 0 unspecified atom stereocenters. The van der Waals surface area contributed by atoms with Crippen molar-refractivity contribution in [3.8, 4) is 5.75 Å². The summed E-state index contributed by atoms with van der Waals surface area (Å²) in [6.45, 7) is 5.75. The van der Waals surface area contributed by atoms with Crippen LogP contribution < -0.4 is 4.74 Å². The van der Waals surface area contributed by atoms with Crippen molar-refractivity contribution in [2.24, 2.45) is 11.8 Å². The minimum absolute atomic E-state index is 0. The van der Waals surface area contributed by atoms with E-state index in [2.05, 4.69) is 54.1 Å². The number of nitrogens with zero attached hydrogens (tertiary/aromatic N) is 2. The quantitative estimate of drug-likeness (QED) is 0.743. The first-order valence-electron chi connectivity index (χ1n) is 10.4. The van der Waals surface area contributed by atoms with Crippen LogP contribution in [0.25, 0.3) is 0 Å². The van der Waals surface area contributed by atoms with Gasteiger partial charge in [0.25, 0.3) is 5.91 Å². The lowest BCUT2D eigenvalue weighted by molar-refractivity contribution is 0.0767. The lowest BCUT2D eigenvalue weighted by Crippen LogP contribution is -2.33. The molecule has 4 nitrogen and oxygen atoms in total. The first-order chi connectivity index (χ1) is 13.6. The maximum atomic E-state index is 13.2. The molecule has 5 heteroatoms. The van der Waals surface area contributed by atoms with E-state index in [4.69, 9.17) is 4.74 Å². The maximum absolute atomic E-state index is 13.2. The molecule has 2 fully saturated rings. The molecule has 3 atom stereocenters. The van der Waals surface area contributed by atoms with Crippen LogP contribution in [0.15, 0.2) is 42.5 Å². The molecule has 2 aromatic carbocycles. The lowest BCUT2D eigenvalue weighted by atomic mass is 9.88. The van der Waals surface area contributed by atoms with E-state index in [1.54, 1.807) is 0 Å². The third-order valence-electron chi connectivity index (χ3n) is 6.84. The fraction of sp³-hybridized carbons (Fsp3) is 0.458. The van der Waals surface area contributed by atoms with E-state index in [0.29, 0.717) is 17.9 Å². The summed E-state index contributed by atoms with van der Waals surface area (Å²) in [5.41, 5.74) is 4.75. The van der Waals surface area contributed by atoms with Crippen molar-refractivity contribution in [2.75, 3.05) is 33.3 Å². The van der Waals surface area contributed by atoms with Gasteiger partial charge in [-0.3, -0.25) is 9.69 Å². The number of carbonyl (C=O) groups is 1. The zero-order valence-electron chi connectivity index (χ0n) is 17.1. The van der Waals surface area contributed by atoms with Gasteiger partial charge >= 0.3 is 0 Å². The number of hydrogen-bond donors (Lipinski definition) is 0. The second-order valence-corrected chi connectivity index (χ2v) is 8.65. The fourth-order valence-corrected chi connectivity index (χ4v) is 5.49. The molecule has 2 saturated heterocycles. The van der Waals surface area contributed by atoms with Gasteiger partial charge in [0.15, 0.2) is 0 Å². The van der Waals surface area contributed by atoms with Crippen LogP contribution in [0.4, 0.5) is 0 Å². The number of carbonyl (C=O) groups excluding carboxylic acids is 1. The first-order valence-corrected chi connectivity index (χ1v) is 10.4. The highest BCUT2D eigenvalue weighted by Crippen LogP contribution is 2.45. The topological polar surface area (TPSA) is 32.8 Å². The summed E-state index contributed by atoms with van der Waals surface area (Å²) in [5, 5.41) is 0. The molecular formula is C24H29ClN2O2. The van der Waals surface area contributed by atoms with Gasteiger partial charge in [0, 0.05) is 37.2 Å². The Hall–Kier alpha value is -2.04. The third-order valence-corrected chi connectivity index (χ3v) is 6.84.